The van der Waals surface area contributed by atoms with E-state index in [0.717, 1.165) is 10.0 Å². The van der Waals surface area contributed by atoms with Crippen molar-refractivity contribution in [2.45, 2.75) is 12.1 Å². The Morgan fingerprint density at radius 2 is 1.95 bits per heavy atom. The first-order valence-electron chi connectivity index (χ1n) is 6.03. The summed E-state index contributed by atoms with van der Waals surface area (Å²) >= 11 is 3.51. The fraction of sp³-hybridized carbons (Fsp3) is 0.538. The van der Waals surface area contributed by atoms with Gasteiger partial charge >= 0.3 is 0 Å². The van der Waals surface area contributed by atoms with E-state index in [0.29, 0.717) is 31.3 Å². The molecule has 0 aromatic heterocycles. The van der Waals surface area contributed by atoms with Gasteiger partial charge in [0.2, 0.25) is 0 Å². The third-order valence-electron chi connectivity index (χ3n) is 3.10. The third-order valence-corrected chi connectivity index (χ3v) is 3.79. The molecular weight excluding hydrogens is 314 g/mol. The Morgan fingerprint density at radius 1 is 1.26 bits per heavy atom. The topological polar surface area (TPSA) is 62.9 Å². The molecule has 19 heavy (non-hydrogen) atoms. The van der Waals surface area contributed by atoms with Crippen LogP contribution in [-0.2, 0) is 9.47 Å². The first-order chi connectivity index (χ1) is 9.17. The highest BCUT2D eigenvalue weighted by molar-refractivity contribution is 9.10. The smallest absolute Gasteiger partial charge is 0.161 e. The molecule has 2 unspecified atom stereocenters. The maximum absolute atomic E-state index is 6.25. The van der Waals surface area contributed by atoms with Gasteiger partial charge in [0.1, 0.15) is 6.10 Å². The summed E-state index contributed by atoms with van der Waals surface area (Å²) < 4.78 is 22.4. The van der Waals surface area contributed by atoms with Gasteiger partial charge in [0, 0.05) is 4.47 Å². The van der Waals surface area contributed by atoms with Gasteiger partial charge in [-0.2, -0.15) is 0 Å². The standard InChI is InChI=1S/C13H18BrNO4/c1-16-10-5-8(9(14)6-11(10)17-2)13(15)12-7-18-3-4-19-12/h5-6,12-13H,3-4,7,15H2,1-2H3. The molecule has 1 aromatic rings. The van der Waals surface area contributed by atoms with E-state index < -0.39 is 0 Å². The molecule has 0 bridgehead atoms. The zero-order valence-electron chi connectivity index (χ0n) is 11.0. The summed E-state index contributed by atoms with van der Waals surface area (Å²) in [5.74, 6) is 1.30. The molecule has 0 spiro atoms. The lowest BCUT2D eigenvalue weighted by Gasteiger charge is -2.29. The van der Waals surface area contributed by atoms with Gasteiger partial charge in [-0.15, -0.1) is 0 Å². The van der Waals surface area contributed by atoms with Gasteiger partial charge in [-0.25, -0.2) is 0 Å². The van der Waals surface area contributed by atoms with Gasteiger partial charge in [0.05, 0.1) is 40.1 Å². The number of benzene rings is 1. The highest BCUT2D eigenvalue weighted by atomic mass is 79.9. The summed E-state index contributed by atoms with van der Waals surface area (Å²) in [5, 5.41) is 0. The van der Waals surface area contributed by atoms with Crippen LogP contribution >= 0.6 is 15.9 Å². The molecule has 0 amide bonds. The molecule has 0 saturated carbocycles. The number of methoxy groups -OCH3 is 2. The van der Waals surface area contributed by atoms with Gasteiger partial charge in [0.15, 0.2) is 11.5 Å². The van der Waals surface area contributed by atoms with Crippen LogP contribution in [0.2, 0.25) is 0 Å². The largest absolute Gasteiger partial charge is 0.493 e. The van der Waals surface area contributed by atoms with E-state index in [-0.39, 0.29) is 12.1 Å². The predicted octanol–water partition coefficient (Wildman–Crippen LogP) is 1.88. The number of hydrogen-bond acceptors (Lipinski definition) is 5. The molecule has 106 valence electrons. The quantitative estimate of drug-likeness (QED) is 0.912. The molecule has 1 heterocycles. The molecule has 1 aromatic carbocycles. The average Bonchev–Trinajstić information content (AvgIpc) is 2.47. The van der Waals surface area contributed by atoms with Crippen LogP contribution in [0.3, 0.4) is 0 Å². The van der Waals surface area contributed by atoms with E-state index in [4.69, 9.17) is 24.7 Å². The second-order valence-electron chi connectivity index (χ2n) is 4.24. The molecule has 2 N–H and O–H groups in total. The zero-order valence-corrected chi connectivity index (χ0v) is 12.6. The summed E-state index contributed by atoms with van der Waals surface area (Å²) in [4.78, 5) is 0. The lowest BCUT2D eigenvalue weighted by molar-refractivity contribution is -0.0976. The number of halogens is 1. The normalized spacial score (nSPS) is 20.9. The van der Waals surface area contributed by atoms with Gasteiger partial charge in [-0.05, 0) is 17.7 Å². The Bertz CT molecular complexity index is 435. The summed E-state index contributed by atoms with van der Waals surface area (Å²) in [7, 11) is 3.20. The molecule has 1 saturated heterocycles. The van der Waals surface area contributed by atoms with E-state index in [1.165, 1.54) is 0 Å². The summed E-state index contributed by atoms with van der Waals surface area (Å²) in [5.41, 5.74) is 7.16. The van der Waals surface area contributed by atoms with Crippen LogP contribution in [0.4, 0.5) is 0 Å². The van der Waals surface area contributed by atoms with Crippen molar-refractivity contribution in [3.05, 3.63) is 22.2 Å². The molecule has 2 rings (SSSR count). The van der Waals surface area contributed by atoms with Crippen LogP contribution in [0.25, 0.3) is 0 Å². The van der Waals surface area contributed by atoms with Crippen molar-refractivity contribution in [3.63, 3.8) is 0 Å². The first-order valence-corrected chi connectivity index (χ1v) is 6.83. The highest BCUT2D eigenvalue weighted by Gasteiger charge is 2.26. The Balaban J connectivity index is 2.27. The molecule has 0 radical (unpaired) electrons. The monoisotopic (exact) mass is 331 g/mol. The van der Waals surface area contributed by atoms with Gasteiger partial charge in [0.25, 0.3) is 0 Å². The van der Waals surface area contributed by atoms with E-state index in [2.05, 4.69) is 15.9 Å². The molecule has 1 fully saturated rings. The lowest BCUT2D eigenvalue weighted by atomic mass is 10.0. The van der Waals surface area contributed by atoms with Crippen molar-refractivity contribution < 1.29 is 18.9 Å². The number of nitrogens with two attached hydrogens (primary N) is 1. The Hall–Kier alpha value is -0.820. The molecule has 6 heteroatoms. The SMILES string of the molecule is COc1cc(Br)c(C(N)C2COCCO2)cc1OC. The summed E-state index contributed by atoms with van der Waals surface area (Å²) in [6.45, 7) is 1.70. The Kier molecular flexibility index (Phi) is 5.04. The number of rotatable bonds is 4. The van der Waals surface area contributed by atoms with Crippen molar-refractivity contribution in [3.8, 4) is 11.5 Å². The van der Waals surface area contributed by atoms with Crippen molar-refractivity contribution in [2.24, 2.45) is 5.73 Å². The van der Waals surface area contributed by atoms with E-state index in [9.17, 15) is 0 Å². The fourth-order valence-electron chi connectivity index (χ4n) is 2.04. The van der Waals surface area contributed by atoms with Crippen molar-refractivity contribution in [1.82, 2.24) is 0 Å². The van der Waals surface area contributed by atoms with Crippen molar-refractivity contribution in [2.75, 3.05) is 34.0 Å². The molecule has 1 aliphatic rings. The van der Waals surface area contributed by atoms with Crippen LogP contribution in [0.5, 0.6) is 11.5 Å². The summed E-state index contributed by atoms with van der Waals surface area (Å²) in [6, 6.07) is 3.43. The third kappa shape index (κ3) is 3.20. The zero-order chi connectivity index (χ0) is 13.8. The summed E-state index contributed by atoms with van der Waals surface area (Å²) in [6.07, 6.45) is -0.150. The Labute approximate surface area is 121 Å². The van der Waals surface area contributed by atoms with Gasteiger partial charge in [-0.3, -0.25) is 0 Å². The fourth-order valence-corrected chi connectivity index (χ4v) is 2.63. The van der Waals surface area contributed by atoms with Crippen molar-refractivity contribution in [1.29, 1.82) is 0 Å². The molecule has 5 nitrogen and oxygen atoms in total. The Morgan fingerprint density at radius 3 is 2.53 bits per heavy atom. The molecule has 2 atom stereocenters. The first kappa shape index (κ1) is 14.6. The van der Waals surface area contributed by atoms with E-state index in [1.807, 2.05) is 12.1 Å². The number of hydrogen-bond donors (Lipinski definition) is 1. The second-order valence-corrected chi connectivity index (χ2v) is 5.09. The second kappa shape index (κ2) is 6.56. The predicted molar refractivity (Wildman–Crippen MR) is 74.7 cm³/mol. The minimum atomic E-state index is -0.283. The minimum Gasteiger partial charge on any atom is -0.493 e. The molecule has 0 aliphatic carbocycles. The van der Waals surface area contributed by atoms with E-state index >= 15 is 0 Å². The van der Waals surface area contributed by atoms with Gasteiger partial charge in [-0.1, -0.05) is 15.9 Å². The lowest BCUT2D eigenvalue weighted by Crippen LogP contribution is -2.38. The van der Waals surface area contributed by atoms with Crippen LogP contribution < -0.4 is 15.2 Å². The highest BCUT2D eigenvalue weighted by Crippen LogP contribution is 2.36. The maximum Gasteiger partial charge on any atom is 0.161 e. The average molecular weight is 332 g/mol. The number of ether oxygens (including phenoxy) is 4. The van der Waals surface area contributed by atoms with Crippen LogP contribution in [0, 0.1) is 0 Å². The van der Waals surface area contributed by atoms with Crippen LogP contribution in [0.1, 0.15) is 11.6 Å². The van der Waals surface area contributed by atoms with E-state index in [1.54, 1.807) is 14.2 Å². The van der Waals surface area contributed by atoms with Crippen LogP contribution in [0.15, 0.2) is 16.6 Å². The minimum absolute atomic E-state index is 0.150. The molecular formula is C13H18BrNO4. The van der Waals surface area contributed by atoms with Gasteiger partial charge < -0.3 is 24.7 Å². The maximum atomic E-state index is 6.25. The van der Waals surface area contributed by atoms with Crippen molar-refractivity contribution >= 4 is 15.9 Å². The van der Waals surface area contributed by atoms with Crippen LogP contribution in [-0.4, -0.2) is 40.1 Å². The molecule has 1 aliphatic heterocycles.